The van der Waals surface area contributed by atoms with Crippen LogP contribution in [0.3, 0.4) is 0 Å². The van der Waals surface area contributed by atoms with Crippen LogP contribution in [0.1, 0.15) is 11.1 Å². The number of sulfonamides is 1. The Labute approximate surface area is 164 Å². The Morgan fingerprint density at radius 1 is 1.07 bits per heavy atom. The number of hydrogen-bond acceptors (Lipinski definition) is 4. The lowest BCUT2D eigenvalue weighted by Gasteiger charge is -2.41. The molecule has 0 aliphatic carbocycles. The molecule has 1 heterocycles. The average molecular weight is 408 g/mol. The number of carbonyl (C=O) groups is 1. The lowest BCUT2D eigenvalue weighted by atomic mass is 9.75. The lowest BCUT2D eigenvalue weighted by Crippen LogP contribution is -2.62. The molecule has 1 aliphatic rings. The van der Waals surface area contributed by atoms with Crippen molar-refractivity contribution in [1.82, 2.24) is 10.6 Å². The lowest BCUT2D eigenvalue weighted by molar-refractivity contribution is -0.133. The number of nitrogens with one attached hydrogen (secondary N) is 2. The summed E-state index contributed by atoms with van der Waals surface area (Å²) in [6, 6.07) is 13.9. The molecule has 27 heavy (non-hydrogen) atoms. The molecule has 0 saturated carbocycles. The summed E-state index contributed by atoms with van der Waals surface area (Å²) >= 11 is 5.92. The van der Waals surface area contributed by atoms with Crippen molar-refractivity contribution in [3.8, 4) is 0 Å². The van der Waals surface area contributed by atoms with E-state index in [1.54, 1.807) is 12.1 Å². The summed E-state index contributed by atoms with van der Waals surface area (Å²) in [6.45, 7) is 1.77. The van der Waals surface area contributed by atoms with Gasteiger partial charge in [-0.25, -0.2) is 13.6 Å². The molecule has 0 unspecified atom stereocenters. The van der Waals surface area contributed by atoms with Crippen LogP contribution >= 0.6 is 11.6 Å². The molecule has 1 amide bonds. The van der Waals surface area contributed by atoms with Gasteiger partial charge in [0.2, 0.25) is 15.9 Å². The minimum absolute atomic E-state index is 0.0253. The zero-order chi connectivity index (χ0) is 19.5. The first-order valence-electron chi connectivity index (χ1n) is 8.64. The van der Waals surface area contributed by atoms with Crippen LogP contribution in [0.4, 0.5) is 0 Å². The summed E-state index contributed by atoms with van der Waals surface area (Å²) in [5, 5.41) is 12.0. The zero-order valence-electron chi connectivity index (χ0n) is 14.7. The molecule has 8 heteroatoms. The fraction of sp³-hybridized carbons (Fsp3) is 0.316. The maximum absolute atomic E-state index is 12.7. The highest BCUT2D eigenvalue weighted by Crippen LogP contribution is 2.28. The van der Waals surface area contributed by atoms with Crippen molar-refractivity contribution < 1.29 is 13.2 Å². The molecule has 1 saturated heterocycles. The second-order valence-electron chi connectivity index (χ2n) is 6.88. The molecular weight excluding hydrogens is 386 g/mol. The van der Waals surface area contributed by atoms with E-state index in [-0.39, 0.29) is 10.8 Å². The standard InChI is InChI=1S/C19H22ClN3O3S/c20-16-5-1-15(2-6-16)11-19(12-22-13-19)18(24)23-10-9-14-3-7-17(8-4-14)27(21,25)26/h1-8,22H,9-13H2,(H,23,24)(H2,21,25,26). The molecule has 3 rings (SSSR count). The van der Waals surface area contributed by atoms with E-state index in [4.69, 9.17) is 16.7 Å². The SMILES string of the molecule is NS(=O)(=O)c1ccc(CCNC(=O)C2(Cc3ccc(Cl)cc3)CNC2)cc1. The van der Waals surface area contributed by atoms with Crippen LogP contribution in [-0.4, -0.2) is 34.0 Å². The molecule has 0 bridgehead atoms. The van der Waals surface area contributed by atoms with Crippen molar-refractivity contribution in [2.75, 3.05) is 19.6 Å². The van der Waals surface area contributed by atoms with Gasteiger partial charge in [-0.1, -0.05) is 35.9 Å². The quantitative estimate of drug-likeness (QED) is 0.647. The predicted molar refractivity (Wildman–Crippen MR) is 105 cm³/mol. The Morgan fingerprint density at radius 3 is 2.19 bits per heavy atom. The van der Waals surface area contributed by atoms with E-state index in [0.717, 1.165) is 11.1 Å². The van der Waals surface area contributed by atoms with Crippen molar-refractivity contribution >= 4 is 27.5 Å². The van der Waals surface area contributed by atoms with Crippen molar-refractivity contribution in [3.05, 3.63) is 64.7 Å². The number of halogens is 1. The number of amides is 1. The summed E-state index contributed by atoms with van der Waals surface area (Å²) in [5.41, 5.74) is 1.57. The van der Waals surface area contributed by atoms with E-state index in [2.05, 4.69) is 10.6 Å². The fourth-order valence-electron chi connectivity index (χ4n) is 3.14. The number of carbonyl (C=O) groups excluding carboxylic acids is 1. The first kappa shape index (κ1) is 19.8. The van der Waals surface area contributed by atoms with Crippen molar-refractivity contribution in [1.29, 1.82) is 0 Å². The van der Waals surface area contributed by atoms with Gasteiger partial charge in [0.25, 0.3) is 0 Å². The first-order valence-corrected chi connectivity index (χ1v) is 10.6. The van der Waals surface area contributed by atoms with Gasteiger partial charge in [0.05, 0.1) is 10.3 Å². The molecule has 0 atom stereocenters. The summed E-state index contributed by atoms with van der Waals surface area (Å²) < 4.78 is 22.5. The van der Waals surface area contributed by atoms with Crippen LogP contribution in [0.25, 0.3) is 0 Å². The third kappa shape index (κ3) is 4.87. The average Bonchev–Trinajstić information content (AvgIpc) is 2.59. The van der Waals surface area contributed by atoms with Gasteiger partial charge in [0, 0.05) is 24.7 Å². The highest BCUT2D eigenvalue weighted by atomic mass is 35.5. The molecule has 6 nitrogen and oxygen atoms in total. The van der Waals surface area contributed by atoms with Crippen LogP contribution in [0.2, 0.25) is 5.02 Å². The number of benzene rings is 2. The zero-order valence-corrected chi connectivity index (χ0v) is 16.3. The Kier molecular flexibility index (Phi) is 5.86. The molecule has 1 fully saturated rings. The third-order valence-corrected chi connectivity index (χ3v) is 6.00. The predicted octanol–water partition coefficient (Wildman–Crippen LogP) is 1.48. The van der Waals surface area contributed by atoms with E-state index in [9.17, 15) is 13.2 Å². The first-order chi connectivity index (χ1) is 12.8. The molecule has 1 aliphatic heterocycles. The van der Waals surface area contributed by atoms with Crippen LogP contribution < -0.4 is 15.8 Å². The third-order valence-electron chi connectivity index (χ3n) is 4.82. The van der Waals surface area contributed by atoms with Gasteiger partial charge in [-0.2, -0.15) is 0 Å². The van der Waals surface area contributed by atoms with Crippen molar-refractivity contribution in [2.24, 2.45) is 10.6 Å². The van der Waals surface area contributed by atoms with E-state index >= 15 is 0 Å². The molecule has 0 spiro atoms. The maximum Gasteiger partial charge on any atom is 0.238 e. The highest BCUT2D eigenvalue weighted by Gasteiger charge is 2.43. The van der Waals surface area contributed by atoms with Crippen LogP contribution in [0.5, 0.6) is 0 Å². The van der Waals surface area contributed by atoms with Crippen LogP contribution in [-0.2, 0) is 27.7 Å². The molecule has 0 radical (unpaired) electrons. The molecule has 2 aromatic rings. The minimum Gasteiger partial charge on any atom is -0.355 e. The van der Waals surface area contributed by atoms with Gasteiger partial charge < -0.3 is 10.6 Å². The summed E-state index contributed by atoms with van der Waals surface area (Å²) in [7, 11) is -3.69. The van der Waals surface area contributed by atoms with Gasteiger partial charge >= 0.3 is 0 Å². The van der Waals surface area contributed by atoms with Gasteiger partial charge in [0.15, 0.2) is 0 Å². The largest absolute Gasteiger partial charge is 0.355 e. The summed E-state index contributed by atoms with van der Waals surface area (Å²) in [5.74, 6) is 0.0253. The topological polar surface area (TPSA) is 101 Å². The molecule has 0 aromatic heterocycles. The summed E-state index contributed by atoms with van der Waals surface area (Å²) in [6.07, 6.45) is 1.27. The monoisotopic (exact) mass is 407 g/mol. The fourth-order valence-corrected chi connectivity index (χ4v) is 3.78. The van der Waals surface area contributed by atoms with E-state index < -0.39 is 15.4 Å². The van der Waals surface area contributed by atoms with Crippen LogP contribution in [0, 0.1) is 5.41 Å². The summed E-state index contributed by atoms with van der Waals surface area (Å²) in [4.78, 5) is 12.8. The Hall–Kier alpha value is -1.93. The number of primary sulfonamides is 1. The van der Waals surface area contributed by atoms with E-state index in [1.807, 2.05) is 24.3 Å². The van der Waals surface area contributed by atoms with Crippen molar-refractivity contribution in [3.63, 3.8) is 0 Å². The van der Waals surface area contributed by atoms with Gasteiger partial charge in [-0.05, 0) is 48.2 Å². The Morgan fingerprint density at radius 2 is 1.67 bits per heavy atom. The molecular formula is C19H22ClN3O3S. The van der Waals surface area contributed by atoms with Gasteiger partial charge in [-0.15, -0.1) is 0 Å². The molecule has 4 N–H and O–H groups in total. The number of nitrogens with two attached hydrogens (primary N) is 1. The number of rotatable bonds is 7. The normalized spacial score (nSPS) is 15.8. The second kappa shape index (κ2) is 7.98. The Bertz CT molecular complexity index is 908. The van der Waals surface area contributed by atoms with Crippen LogP contribution in [0.15, 0.2) is 53.4 Å². The smallest absolute Gasteiger partial charge is 0.238 e. The maximum atomic E-state index is 12.7. The van der Waals surface area contributed by atoms with Crippen molar-refractivity contribution in [2.45, 2.75) is 17.7 Å². The Balaban J connectivity index is 1.55. The van der Waals surface area contributed by atoms with Gasteiger partial charge in [-0.3, -0.25) is 4.79 Å². The molecule has 2 aromatic carbocycles. The molecule has 144 valence electrons. The van der Waals surface area contributed by atoms with Gasteiger partial charge in [0.1, 0.15) is 0 Å². The number of hydrogen-bond donors (Lipinski definition) is 3. The highest BCUT2D eigenvalue weighted by molar-refractivity contribution is 7.89. The second-order valence-corrected chi connectivity index (χ2v) is 8.88. The van der Waals surface area contributed by atoms with E-state index in [1.165, 1.54) is 12.1 Å². The minimum atomic E-state index is -3.69. The van der Waals surface area contributed by atoms with E-state index in [0.29, 0.717) is 37.5 Å².